The van der Waals surface area contributed by atoms with Crippen molar-refractivity contribution in [3.05, 3.63) is 29.8 Å². The minimum absolute atomic E-state index is 0.271. The number of halogens is 1. The molecule has 0 amide bonds. The zero-order valence-corrected chi connectivity index (χ0v) is 9.37. The molecule has 0 bridgehead atoms. The van der Waals surface area contributed by atoms with Gasteiger partial charge in [0.15, 0.2) is 0 Å². The predicted molar refractivity (Wildman–Crippen MR) is 63.6 cm³/mol. The summed E-state index contributed by atoms with van der Waals surface area (Å²) in [5.74, 6) is 1.07. The maximum Gasteiger partial charge on any atom is 0.0847 e. The van der Waals surface area contributed by atoms with Gasteiger partial charge in [-0.1, -0.05) is 12.1 Å². The lowest BCUT2D eigenvalue weighted by atomic mass is 10.1. The highest BCUT2D eigenvalue weighted by Crippen LogP contribution is 2.40. The van der Waals surface area contributed by atoms with E-state index < -0.39 is 6.10 Å². The average Bonchev–Trinajstić information content (AvgIpc) is 3.10. The molecule has 15 heavy (non-hydrogen) atoms. The van der Waals surface area contributed by atoms with Gasteiger partial charge in [-0.15, -0.1) is 11.6 Å². The van der Waals surface area contributed by atoms with Crippen molar-refractivity contribution in [2.24, 2.45) is 0 Å². The quantitative estimate of drug-likeness (QED) is 0.755. The first kappa shape index (κ1) is 10.8. The Bertz CT molecular complexity index is 308. The molecule has 1 aromatic carbocycles. The minimum Gasteiger partial charge on any atom is -0.390 e. The molecule has 0 radical (unpaired) electrons. The number of anilines is 1. The van der Waals surface area contributed by atoms with Gasteiger partial charge in [0, 0.05) is 12.2 Å². The zero-order chi connectivity index (χ0) is 10.7. The largest absolute Gasteiger partial charge is 0.390 e. The van der Waals surface area contributed by atoms with Gasteiger partial charge in [-0.25, -0.2) is 0 Å². The van der Waals surface area contributed by atoms with Gasteiger partial charge in [0.1, 0.15) is 0 Å². The summed E-state index contributed by atoms with van der Waals surface area (Å²) in [4.78, 5) is 0. The van der Waals surface area contributed by atoms with Gasteiger partial charge in [0.25, 0.3) is 0 Å². The standard InChI is InChI=1S/C12H16ClNO/c13-7-12(15)8-14-11-5-3-10(4-6-11)9-1-2-9/h3-6,9,12,14-15H,1-2,7-8H2. The predicted octanol–water partition coefficient (Wildman–Crippen LogP) is 2.58. The fraction of sp³-hybridized carbons (Fsp3) is 0.500. The Balaban J connectivity index is 1.86. The van der Waals surface area contributed by atoms with E-state index in [1.54, 1.807) is 0 Å². The molecular weight excluding hydrogens is 210 g/mol. The maximum atomic E-state index is 9.28. The van der Waals surface area contributed by atoms with E-state index in [4.69, 9.17) is 11.6 Å². The maximum absolute atomic E-state index is 9.28. The van der Waals surface area contributed by atoms with Gasteiger partial charge >= 0.3 is 0 Å². The molecule has 2 rings (SSSR count). The van der Waals surface area contributed by atoms with Crippen LogP contribution in [0.4, 0.5) is 5.69 Å². The van der Waals surface area contributed by atoms with Crippen LogP contribution >= 0.6 is 11.6 Å². The summed E-state index contributed by atoms with van der Waals surface area (Å²) < 4.78 is 0. The van der Waals surface area contributed by atoms with Crippen molar-refractivity contribution in [3.63, 3.8) is 0 Å². The molecule has 1 aromatic rings. The number of hydrogen-bond donors (Lipinski definition) is 2. The highest BCUT2D eigenvalue weighted by molar-refractivity contribution is 6.18. The van der Waals surface area contributed by atoms with Gasteiger partial charge in [-0.3, -0.25) is 0 Å². The molecule has 1 saturated carbocycles. The zero-order valence-electron chi connectivity index (χ0n) is 8.62. The Kier molecular flexibility index (Phi) is 3.49. The van der Waals surface area contributed by atoms with Crippen molar-refractivity contribution in [1.82, 2.24) is 0 Å². The van der Waals surface area contributed by atoms with E-state index in [0.29, 0.717) is 6.54 Å². The number of aliphatic hydroxyl groups is 1. The first-order valence-corrected chi connectivity index (χ1v) is 5.91. The fourth-order valence-electron chi connectivity index (χ4n) is 1.58. The molecule has 82 valence electrons. The Labute approximate surface area is 95.3 Å². The van der Waals surface area contributed by atoms with E-state index in [2.05, 4.69) is 29.6 Å². The minimum atomic E-state index is -0.477. The first-order chi connectivity index (χ1) is 7.29. The summed E-state index contributed by atoms with van der Waals surface area (Å²) in [5, 5.41) is 12.4. The van der Waals surface area contributed by atoms with Gasteiger partial charge in [-0.2, -0.15) is 0 Å². The van der Waals surface area contributed by atoms with Crippen molar-refractivity contribution in [1.29, 1.82) is 0 Å². The average molecular weight is 226 g/mol. The number of nitrogens with one attached hydrogen (secondary N) is 1. The van der Waals surface area contributed by atoms with Crippen molar-refractivity contribution < 1.29 is 5.11 Å². The third-order valence-corrected chi connectivity index (χ3v) is 3.04. The summed E-state index contributed by atoms with van der Waals surface area (Å²) in [5.41, 5.74) is 2.47. The van der Waals surface area contributed by atoms with E-state index in [-0.39, 0.29) is 5.88 Å². The number of aliphatic hydroxyl groups excluding tert-OH is 1. The second kappa shape index (κ2) is 4.86. The third-order valence-electron chi connectivity index (χ3n) is 2.68. The summed E-state index contributed by atoms with van der Waals surface area (Å²) in [7, 11) is 0. The lowest BCUT2D eigenvalue weighted by Crippen LogP contribution is -2.20. The number of benzene rings is 1. The van der Waals surface area contributed by atoms with Gasteiger partial charge in [0.05, 0.1) is 12.0 Å². The van der Waals surface area contributed by atoms with Gasteiger partial charge in [-0.05, 0) is 36.5 Å². The van der Waals surface area contributed by atoms with Crippen LogP contribution in [-0.2, 0) is 0 Å². The molecule has 0 saturated heterocycles. The van der Waals surface area contributed by atoms with Crippen LogP contribution in [0.1, 0.15) is 24.3 Å². The molecule has 1 aliphatic rings. The molecule has 2 N–H and O–H groups in total. The molecule has 1 unspecified atom stereocenters. The van der Waals surface area contributed by atoms with Crippen LogP contribution in [0, 0.1) is 0 Å². The topological polar surface area (TPSA) is 32.3 Å². The number of rotatable bonds is 5. The Morgan fingerprint density at radius 1 is 1.33 bits per heavy atom. The molecule has 0 aliphatic heterocycles. The second-order valence-corrected chi connectivity index (χ2v) is 4.39. The molecule has 1 atom stereocenters. The van der Waals surface area contributed by atoms with Crippen LogP contribution in [0.3, 0.4) is 0 Å². The van der Waals surface area contributed by atoms with Crippen molar-refractivity contribution in [2.45, 2.75) is 24.9 Å². The Morgan fingerprint density at radius 2 is 2.00 bits per heavy atom. The summed E-state index contributed by atoms with van der Waals surface area (Å²) in [6.45, 7) is 0.506. The molecular formula is C12H16ClNO. The Morgan fingerprint density at radius 3 is 2.53 bits per heavy atom. The number of hydrogen-bond acceptors (Lipinski definition) is 2. The number of alkyl halides is 1. The van der Waals surface area contributed by atoms with Crippen LogP contribution in [0.25, 0.3) is 0 Å². The monoisotopic (exact) mass is 225 g/mol. The second-order valence-electron chi connectivity index (χ2n) is 4.09. The van der Waals surface area contributed by atoms with Crippen molar-refractivity contribution >= 4 is 17.3 Å². The van der Waals surface area contributed by atoms with Gasteiger partial charge < -0.3 is 10.4 Å². The summed E-state index contributed by atoms with van der Waals surface area (Å²) >= 11 is 5.50. The molecule has 0 aromatic heterocycles. The first-order valence-electron chi connectivity index (χ1n) is 5.37. The molecule has 0 heterocycles. The molecule has 0 spiro atoms. The van der Waals surface area contributed by atoms with Crippen LogP contribution in [0.5, 0.6) is 0 Å². The van der Waals surface area contributed by atoms with Gasteiger partial charge in [0.2, 0.25) is 0 Å². The van der Waals surface area contributed by atoms with Crippen molar-refractivity contribution in [3.8, 4) is 0 Å². The van der Waals surface area contributed by atoms with Crippen LogP contribution < -0.4 is 5.32 Å². The highest BCUT2D eigenvalue weighted by atomic mass is 35.5. The van der Waals surface area contributed by atoms with E-state index >= 15 is 0 Å². The lowest BCUT2D eigenvalue weighted by Gasteiger charge is -2.10. The molecule has 1 aliphatic carbocycles. The molecule has 3 heteroatoms. The van der Waals surface area contributed by atoms with Crippen LogP contribution in [0.15, 0.2) is 24.3 Å². The van der Waals surface area contributed by atoms with Crippen molar-refractivity contribution in [2.75, 3.05) is 17.7 Å². The lowest BCUT2D eigenvalue weighted by molar-refractivity contribution is 0.211. The fourth-order valence-corrected chi connectivity index (χ4v) is 1.69. The SMILES string of the molecule is OC(CCl)CNc1ccc(C2CC2)cc1. The molecule has 1 fully saturated rings. The van der Waals surface area contributed by atoms with Crippen LogP contribution in [-0.4, -0.2) is 23.6 Å². The van der Waals surface area contributed by atoms with E-state index in [1.165, 1.54) is 18.4 Å². The van der Waals surface area contributed by atoms with Crippen LogP contribution in [0.2, 0.25) is 0 Å². The Hall–Kier alpha value is -0.730. The summed E-state index contributed by atoms with van der Waals surface area (Å²) in [6.07, 6.45) is 2.19. The smallest absolute Gasteiger partial charge is 0.0847 e. The summed E-state index contributed by atoms with van der Waals surface area (Å²) in [6, 6.07) is 8.45. The third kappa shape index (κ3) is 3.11. The van der Waals surface area contributed by atoms with E-state index in [0.717, 1.165) is 11.6 Å². The van der Waals surface area contributed by atoms with E-state index in [9.17, 15) is 5.11 Å². The highest BCUT2D eigenvalue weighted by Gasteiger charge is 2.22. The molecule has 2 nitrogen and oxygen atoms in total. The normalized spacial score (nSPS) is 17.5. The van der Waals surface area contributed by atoms with E-state index in [1.807, 2.05) is 0 Å².